The highest BCUT2D eigenvalue weighted by Gasteiger charge is 2.32. The van der Waals surface area contributed by atoms with Crippen LogP contribution in [-0.2, 0) is 0 Å². The molecule has 0 amide bonds. The van der Waals surface area contributed by atoms with E-state index >= 15 is 0 Å². The van der Waals surface area contributed by atoms with Gasteiger partial charge in [0.2, 0.25) is 5.88 Å². The third-order valence-electron chi connectivity index (χ3n) is 4.93. The molecule has 2 aromatic rings. The summed E-state index contributed by atoms with van der Waals surface area (Å²) in [5.41, 5.74) is 8.77. The van der Waals surface area contributed by atoms with Crippen molar-refractivity contribution in [1.29, 1.82) is 0 Å². The monoisotopic (exact) mass is 314 g/mol. The third-order valence-corrected chi connectivity index (χ3v) is 4.93. The lowest BCUT2D eigenvalue weighted by Crippen LogP contribution is -2.28. The van der Waals surface area contributed by atoms with Crippen LogP contribution >= 0.6 is 0 Å². The van der Waals surface area contributed by atoms with Crippen molar-refractivity contribution in [2.45, 2.75) is 12.3 Å². The van der Waals surface area contributed by atoms with Gasteiger partial charge in [0.15, 0.2) is 0 Å². The highest BCUT2D eigenvalue weighted by atomic mass is 16.5. The summed E-state index contributed by atoms with van der Waals surface area (Å²) in [6, 6.07) is 3.80. The number of hydrogen-bond donors (Lipinski definition) is 1. The predicted molar refractivity (Wildman–Crippen MR) is 87.9 cm³/mol. The smallest absolute Gasteiger partial charge is 0.213 e. The van der Waals surface area contributed by atoms with Crippen molar-refractivity contribution in [3.8, 4) is 11.6 Å². The molecule has 2 atom stereocenters. The number of ether oxygens (including phenoxy) is 2. The second-order valence-electron chi connectivity index (χ2n) is 6.42. The van der Waals surface area contributed by atoms with Gasteiger partial charge < -0.3 is 20.1 Å². The van der Waals surface area contributed by atoms with E-state index in [-0.39, 0.29) is 0 Å². The maximum Gasteiger partial charge on any atom is 0.213 e. The van der Waals surface area contributed by atoms with E-state index < -0.39 is 0 Å². The van der Waals surface area contributed by atoms with E-state index in [2.05, 4.69) is 14.9 Å². The zero-order valence-electron chi connectivity index (χ0n) is 13.4. The summed E-state index contributed by atoms with van der Waals surface area (Å²) >= 11 is 0. The molecule has 2 N–H and O–H groups in total. The first-order valence-corrected chi connectivity index (χ1v) is 8.17. The van der Waals surface area contributed by atoms with Gasteiger partial charge in [-0.15, -0.1) is 0 Å². The molecule has 0 aromatic carbocycles. The summed E-state index contributed by atoms with van der Waals surface area (Å²) in [5.74, 6) is 2.43. The van der Waals surface area contributed by atoms with E-state index in [1.807, 2.05) is 18.3 Å². The molecule has 1 saturated heterocycles. The Balaban J connectivity index is 1.65. The molecule has 2 aliphatic rings. The van der Waals surface area contributed by atoms with Gasteiger partial charge in [-0.2, -0.15) is 0 Å². The summed E-state index contributed by atoms with van der Waals surface area (Å²) in [4.78, 5) is 11.6. The Morgan fingerprint density at radius 2 is 2.35 bits per heavy atom. The normalized spacial score (nSPS) is 23.9. The quantitative estimate of drug-likeness (QED) is 0.919. The molecule has 0 saturated carbocycles. The van der Waals surface area contributed by atoms with Gasteiger partial charge in [0, 0.05) is 30.6 Å². The molecule has 0 aliphatic carbocycles. The molecule has 6 nitrogen and oxygen atoms in total. The van der Waals surface area contributed by atoms with Crippen LogP contribution in [0, 0.1) is 5.92 Å². The van der Waals surface area contributed by atoms with Gasteiger partial charge in [0.25, 0.3) is 0 Å². The topological polar surface area (TPSA) is 73.5 Å². The van der Waals surface area contributed by atoms with Crippen LogP contribution in [0.4, 0.5) is 0 Å². The molecule has 1 unspecified atom stereocenters. The summed E-state index contributed by atoms with van der Waals surface area (Å²) in [6.45, 7) is 4.66. The van der Waals surface area contributed by atoms with Crippen LogP contribution in [0.1, 0.15) is 17.9 Å². The van der Waals surface area contributed by atoms with Crippen LogP contribution in [0.5, 0.6) is 11.6 Å². The zero-order valence-corrected chi connectivity index (χ0v) is 13.4. The largest absolute Gasteiger partial charge is 0.491 e. The number of methoxy groups -OCH3 is 1. The standard InChI is InChI=1S/C17H22N4O2/c1-22-15-3-2-13-17(20-15)16-12(10-23-14(16)7-19-13)9-21-5-4-11(6-18)8-21/h2-3,7,11-12H,4-6,8-10,18H2,1H3/t11-,12?/m0/s1. The molecule has 1 fully saturated rings. The Morgan fingerprint density at radius 1 is 1.43 bits per heavy atom. The first-order valence-electron chi connectivity index (χ1n) is 8.17. The van der Waals surface area contributed by atoms with Crippen LogP contribution in [0.15, 0.2) is 18.3 Å². The average molecular weight is 314 g/mol. The van der Waals surface area contributed by atoms with E-state index in [1.54, 1.807) is 7.11 Å². The first-order chi connectivity index (χ1) is 11.3. The van der Waals surface area contributed by atoms with Crippen molar-refractivity contribution >= 4 is 11.0 Å². The lowest BCUT2D eigenvalue weighted by Gasteiger charge is -2.20. The summed E-state index contributed by atoms with van der Waals surface area (Å²) in [7, 11) is 1.63. The minimum absolute atomic E-state index is 0.326. The maximum atomic E-state index is 5.86. The van der Waals surface area contributed by atoms with E-state index in [0.29, 0.717) is 24.3 Å². The maximum absolute atomic E-state index is 5.86. The van der Waals surface area contributed by atoms with Crippen LogP contribution in [0.25, 0.3) is 11.0 Å². The highest BCUT2D eigenvalue weighted by molar-refractivity contribution is 5.81. The lowest BCUT2D eigenvalue weighted by atomic mass is 9.99. The molecule has 0 radical (unpaired) electrons. The van der Waals surface area contributed by atoms with Gasteiger partial charge >= 0.3 is 0 Å². The molecule has 2 aliphatic heterocycles. The number of rotatable bonds is 4. The molecular weight excluding hydrogens is 292 g/mol. The van der Waals surface area contributed by atoms with E-state index in [1.165, 1.54) is 12.0 Å². The van der Waals surface area contributed by atoms with Gasteiger partial charge in [-0.3, -0.25) is 4.98 Å². The lowest BCUT2D eigenvalue weighted by molar-refractivity contribution is 0.262. The number of hydrogen-bond acceptors (Lipinski definition) is 6. The van der Waals surface area contributed by atoms with Crippen molar-refractivity contribution in [2.75, 3.05) is 39.9 Å². The number of aromatic nitrogens is 2. The Labute approximate surface area is 135 Å². The molecular formula is C17H22N4O2. The minimum Gasteiger partial charge on any atom is -0.491 e. The van der Waals surface area contributed by atoms with Crippen molar-refractivity contribution in [3.63, 3.8) is 0 Å². The molecule has 6 heteroatoms. The number of fused-ring (bicyclic) bond motifs is 3. The van der Waals surface area contributed by atoms with E-state index in [0.717, 1.165) is 43.0 Å². The summed E-state index contributed by atoms with van der Waals surface area (Å²) in [6.07, 6.45) is 3.01. The molecule has 0 spiro atoms. The number of nitrogens with zero attached hydrogens (tertiary/aromatic N) is 3. The Morgan fingerprint density at radius 3 is 3.13 bits per heavy atom. The molecule has 122 valence electrons. The van der Waals surface area contributed by atoms with Crippen LogP contribution < -0.4 is 15.2 Å². The SMILES string of the molecule is COc1ccc2ncc3c(c2n1)C(CN1CC[C@@H](CN)C1)CO3. The van der Waals surface area contributed by atoms with Crippen LogP contribution in [0.3, 0.4) is 0 Å². The molecule has 23 heavy (non-hydrogen) atoms. The average Bonchev–Trinajstić information content (AvgIpc) is 3.21. The van der Waals surface area contributed by atoms with Gasteiger partial charge in [0.05, 0.1) is 25.4 Å². The molecule has 4 heterocycles. The fourth-order valence-corrected chi connectivity index (χ4v) is 3.67. The van der Waals surface area contributed by atoms with E-state index in [9.17, 15) is 0 Å². The second-order valence-corrected chi connectivity index (χ2v) is 6.42. The number of pyridine rings is 2. The third kappa shape index (κ3) is 2.62. The second kappa shape index (κ2) is 5.94. The zero-order chi connectivity index (χ0) is 15.8. The van der Waals surface area contributed by atoms with Crippen molar-refractivity contribution in [2.24, 2.45) is 11.7 Å². The fraction of sp³-hybridized carbons (Fsp3) is 0.529. The summed E-state index contributed by atoms with van der Waals surface area (Å²) < 4.78 is 11.1. The Bertz CT molecular complexity index is 721. The van der Waals surface area contributed by atoms with Gasteiger partial charge in [0.1, 0.15) is 11.3 Å². The number of nitrogens with two attached hydrogens (primary N) is 1. The molecule has 2 aromatic heterocycles. The molecule has 4 rings (SSSR count). The van der Waals surface area contributed by atoms with Crippen molar-refractivity contribution in [3.05, 3.63) is 23.9 Å². The van der Waals surface area contributed by atoms with Gasteiger partial charge in [-0.05, 0) is 31.5 Å². The number of likely N-dealkylation sites (tertiary alicyclic amines) is 1. The van der Waals surface area contributed by atoms with Gasteiger partial charge in [-0.25, -0.2) is 4.98 Å². The predicted octanol–water partition coefficient (Wildman–Crippen LogP) is 1.40. The van der Waals surface area contributed by atoms with Crippen molar-refractivity contribution < 1.29 is 9.47 Å². The first kappa shape index (κ1) is 14.7. The van der Waals surface area contributed by atoms with Crippen LogP contribution in [-0.4, -0.2) is 54.8 Å². The van der Waals surface area contributed by atoms with E-state index in [4.69, 9.17) is 15.2 Å². The highest BCUT2D eigenvalue weighted by Crippen LogP contribution is 2.39. The Kier molecular flexibility index (Phi) is 3.79. The van der Waals surface area contributed by atoms with Gasteiger partial charge in [-0.1, -0.05) is 0 Å². The summed E-state index contributed by atoms with van der Waals surface area (Å²) in [5, 5.41) is 0. The minimum atomic E-state index is 0.326. The van der Waals surface area contributed by atoms with Crippen molar-refractivity contribution in [1.82, 2.24) is 14.9 Å². The van der Waals surface area contributed by atoms with Crippen LogP contribution in [0.2, 0.25) is 0 Å². The molecule has 0 bridgehead atoms. The fourth-order valence-electron chi connectivity index (χ4n) is 3.67. The Hall–Kier alpha value is -1.92.